The molecule has 1 aliphatic carbocycles. The fourth-order valence-electron chi connectivity index (χ4n) is 6.50. The maximum Gasteiger partial charge on any atom is 0.407 e. The van der Waals surface area contributed by atoms with Gasteiger partial charge in [-0.1, -0.05) is 91.0 Å². The van der Waals surface area contributed by atoms with Gasteiger partial charge in [0.1, 0.15) is 24.0 Å². The van der Waals surface area contributed by atoms with Crippen molar-refractivity contribution in [3.05, 3.63) is 125 Å². The molecule has 1 N–H and O–H groups in total. The van der Waals surface area contributed by atoms with Crippen LogP contribution in [-0.4, -0.2) is 61.2 Å². The molecule has 1 aliphatic rings. The summed E-state index contributed by atoms with van der Waals surface area (Å²) in [6, 6.07) is 32.6. The molecule has 264 valence electrons. The van der Waals surface area contributed by atoms with E-state index in [-0.39, 0.29) is 43.0 Å². The fourth-order valence-corrected chi connectivity index (χ4v) is 6.50. The van der Waals surface area contributed by atoms with Crippen LogP contribution in [0.5, 0.6) is 5.75 Å². The molecule has 0 aromatic heterocycles. The Kier molecular flexibility index (Phi) is 12.3. The lowest BCUT2D eigenvalue weighted by molar-refractivity contribution is -0.163. The maximum absolute atomic E-state index is 14.7. The van der Waals surface area contributed by atoms with Crippen molar-refractivity contribution >= 4 is 12.0 Å². The van der Waals surface area contributed by atoms with Crippen molar-refractivity contribution in [2.45, 2.75) is 77.9 Å². The highest BCUT2D eigenvalue weighted by molar-refractivity contribution is 5.86. The highest BCUT2D eigenvalue weighted by Gasteiger charge is 2.34. The maximum atomic E-state index is 14.7. The fraction of sp³-hybridized carbons (Fsp3) is 0.381. The minimum absolute atomic E-state index is 0.106. The molecule has 0 bridgehead atoms. The molecule has 0 fully saturated rings. The van der Waals surface area contributed by atoms with E-state index in [9.17, 15) is 9.59 Å². The predicted octanol–water partition coefficient (Wildman–Crippen LogP) is 8.30. The zero-order valence-corrected chi connectivity index (χ0v) is 30.1. The normalized spacial score (nSPS) is 13.7. The Hall–Kier alpha value is -4.66. The quantitative estimate of drug-likeness (QED) is 0.127. The molecule has 0 saturated heterocycles. The molecule has 0 saturated carbocycles. The van der Waals surface area contributed by atoms with E-state index in [1.165, 1.54) is 0 Å². The monoisotopic (exact) mass is 678 g/mol. The van der Waals surface area contributed by atoms with Gasteiger partial charge in [-0.05, 0) is 87.1 Å². The average molecular weight is 679 g/mol. The molecule has 50 heavy (non-hydrogen) atoms. The Labute approximate surface area is 296 Å². The summed E-state index contributed by atoms with van der Waals surface area (Å²) in [5.74, 6) is 0.351. The van der Waals surface area contributed by atoms with Gasteiger partial charge in [0.25, 0.3) is 0 Å². The van der Waals surface area contributed by atoms with Crippen molar-refractivity contribution in [3.63, 3.8) is 0 Å². The molecular weight excluding hydrogens is 628 g/mol. The zero-order valence-electron chi connectivity index (χ0n) is 30.1. The number of benzene rings is 4. The van der Waals surface area contributed by atoms with Gasteiger partial charge in [0.15, 0.2) is 6.29 Å². The van der Waals surface area contributed by atoms with E-state index in [0.29, 0.717) is 13.2 Å². The van der Waals surface area contributed by atoms with Gasteiger partial charge >= 0.3 is 6.09 Å². The zero-order chi connectivity index (χ0) is 35.7. The molecule has 0 aliphatic heterocycles. The van der Waals surface area contributed by atoms with Gasteiger partial charge in [-0.15, -0.1) is 0 Å². The molecule has 8 heteroatoms. The summed E-state index contributed by atoms with van der Waals surface area (Å²) in [4.78, 5) is 30.1. The smallest absolute Gasteiger partial charge is 0.407 e. The largest absolute Gasteiger partial charge is 0.488 e. The van der Waals surface area contributed by atoms with Gasteiger partial charge in [-0.2, -0.15) is 0 Å². The van der Waals surface area contributed by atoms with Gasteiger partial charge in [-0.3, -0.25) is 4.79 Å². The van der Waals surface area contributed by atoms with Gasteiger partial charge in [0.2, 0.25) is 5.91 Å². The summed E-state index contributed by atoms with van der Waals surface area (Å²) in [6.07, 6.45) is -1.05. The summed E-state index contributed by atoms with van der Waals surface area (Å²) in [7, 11) is 0. The Morgan fingerprint density at radius 1 is 0.780 bits per heavy atom. The number of carbonyl (C=O) groups excluding carboxylic acids is 2. The van der Waals surface area contributed by atoms with Crippen molar-refractivity contribution in [1.82, 2.24) is 10.2 Å². The molecule has 2 amide bonds. The SMILES string of the molecule is CCOC(CN(C(=O)[C@H](Cc1ccc(OC(C)(C)C)cc1)NC(=O)OCC1c2ccccc2-c2ccccc21)[C@H](C)c1ccccc1)OCC. The predicted molar refractivity (Wildman–Crippen MR) is 196 cm³/mol. The second kappa shape index (κ2) is 16.8. The number of nitrogens with one attached hydrogen (secondary N) is 1. The Balaban J connectivity index is 1.41. The van der Waals surface area contributed by atoms with Crippen LogP contribution in [0.2, 0.25) is 0 Å². The average Bonchev–Trinajstić information content (AvgIpc) is 3.43. The number of rotatable bonds is 15. The molecule has 5 rings (SSSR count). The lowest BCUT2D eigenvalue weighted by Crippen LogP contribution is -2.52. The summed E-state index contributed by atoms with van der Waals surface area (Å²) in [6.45, 7) is 12.9. The van der Waals surface area contributed by atoms with Crippen molar-refractivity contribution in [3.8, 4) is 16.9 Å². The second-order valence-electron chi connectivity index (χ2n) is 13.5. The molecule has 0 heterocycles. The van der Waals surface area contributed by atoms with E-state index >= 15 is 0 Å². The van der Waals surface area contributed by atoms with E-state index in [0.717, 1.165) is 39.1 Å². The van der Waals surface area contributed by atoms with Crippen LogP contribution in [0.4, 0.5) is 4.79 Å². The molecule has 4 aromatic rings. The molecule has 2 atom stereocenters. The van der Waals surface area contributed by atoms with Crippen LogP contribution in [0.3, 0.4) is 0 Å². The van der Waals surface area contributed by atoms with E-state index in [4.69, 9.17) is 18.9 Å². The van der Waals surface area contributed by atoms with Crippen LogP contribution < -0.4 is 10.1 Å². The Morgan fingerprint density at radius 3 is 1.90 bits per heavy atom. The van der Waals surface area contributed by atoms with Crippen LogP contribution in [0.25, 0.3) is 11.1 Å². The number of nitrogens with zero attached hydrogens (tertiary/aromatic N) is 1. The van der Waals surface area contributed by atoms with E-state index in [1.54, 1.807) is 4.90 Å². The number of amides is 2. The number of hydrogen-bond acceptors (Lipinski definition) is 6. The van der Waals surface area contributed by atoms with E-state index < -0.39 is 18.4 Å². The topological polar surface area (TPSA) is 86.3 Å². The lowest BCUT2D eigenvalue weighted by atomic mass is 9.98. The molecule has 0 unspecified atom stereocenters. The molecule has 8 nitrogen and oxygen atoms in total. The first kappa shape index (κ1) is 36.6. The molecular formula is C42H50N2O6. The van der Waals surface area contributed by atoms with Crippen molar-refractivity contribution in [2.24, 2.45) is 0 Å². The number of ether oxygens (including phenoxy) is 4. The van der Waals surface area contributed by atoms with Crippen LogP contribution in [0.1, 0.15) is 75.8 Å². The van der Waals surface area contributed by atoms with Crippen molar-refractivity contribution < 1.29 is 28.5 Å². The lowest BCUT2D eigenvalue weighted by Gasteiger charge is -2.35. The summed E-state index contributed by atoms with van der Waals surface area (Å²) < 4.78 is 23.7. The first-order chi connectivity index (χ1) is 24.1. The van der Waals surface area contributed by atoms with E-state index in [2.05, 4.69) is 29.6 Å². The Bertz CT molecular complexity index is 1650. The van der Waals surface area contributed by atoms with Gasteiger partial charge in [-0.25, -0.2) is 4.79 Å². The summed E-state index contributed by atoms with van der Waals surface area (Å²) in [5, 5.41) is 2.95. The number of fused-ring (bicyclic) bond motifs is 3. The van der Waals surface area contributed by atoms with Crippen molar-refractivity contribution in [1.29, 1.82) is 0 Å². The third-order valence-corrected chi connectivity index (χ3v) is 8.80. The highest BCUT2D eigenvalue weighted by Crippen LogP contribution is 2.44. The molecule has 0 spiro atoms. The molecule has 4 aromatic carbocycles. The van der Waals surface area contributed by atoms with Gasteiger partial charge in [0.05, 0.1) is 12.6 Å². The number of hydrogen-bond donors (Lipinski definition) is 1. The van der Waals surface area contributed by atoms with Gasteiger partial charge < -0.3 is 29.2 Å². The first-order valence-corrected chi connectivity index (χ1v) is 17.6. The Morgan fingerprint density at radius 2 is 1.34 bits per heavy atom. The minimum Gasteiger partial charge on any atom is -0.488 e. The number of alkyl carbamates (subject to hydrolysis) is 1. The molecule has 0 radical (unpaired) electrons. The first-order valence-electron chi connectivity index (χ1n) is 17.6. The van der Waals surface area contributed by atoms with Gasteiger partial charge in [0, 0.05) is 25.6 Å². The number of carbonyl (C=O) groups is 2. The highest BCUT2D eigenvalue weighted by atomic mass is 16.7. The van der Waals surface area contributed by atoms with Crippen LogP contribution in [0.15, 0.2) is 103 Å². The summed E-state index contributed by atoms with van der Waals surface area (Å²) >= 11 is 0. The van der Waals surface area contributed by atoms with Crippen molar-refractivity contribution in [2.75, 3.05) is 26.4 Å². The van der Waals surface area contributed by atoms with Crippen LogP contribution in [0, 0.1) is 0 Å². The minimum atomic E-state index is -0.935. The third-order valence-electron chi connectivity index (χ3n) is 8.80. The summed E-state index contributed by atoms with van der Waals surface area (Å²) in [5.41, 5.74) is 6.00. The standard InChI is InChI=1S/C42H50N2O6/c1-7-47-39(48-8-2)27-44(29(3)31-16-10-9-11-17-31)40(45)38(26-30-22-24-32(25-23-30)50-42(4,5)6)43-41(46)49-28-37-35-20-14-12-18-33(35)34-19-13-15-21-36(34)37/h9-25,29,37-39H,7-8,26-28H2,1-6H3,(H,43,46)/t29-,38+/m1/s1. The van der Waals surface area contributed by atoms with Crippen LogP contribution in [-0.2, 0) is 25.4 Å². The second-order valence-corrected chi connectivity index (χ2v) is 13.5. The third kappa shape index (κ3) is 9.31. The van der Waals surface area contributed by atoms with E-state index in [1.807, 2.05) is 120 Å². The van der Waals surface area contributed by atoms with Crippen LogP contribution >= 0.6 is 0 Å².